The molecule has 1 rings (SSSR count). The zero-order valence-corrected chi connectivity index (χ0v) is 13.6. The van der Waals surface area contributed by atoms with Gasteiger partial charge in [-0.15, -0.1) is 0 Å². The Bertz CT molecular complexity index is 500. The fourth-order valence-electron chi connectivity index (χ4n) is 2.28. The van der Waals surface area contributed by atoms with Gasteiger partial charge in [-0.3, -0.25) is 19.2 Å². The van der Waals surface area contributed by atoms with E-state index in [-0.39, 0.29) is 6.61 Å². The highest BCUT2D eigenvalue weighted by atomic mass is 16.8. The summed E-state index contributed by atoms with van der Waals surface area (Å²) in [6.45, 7) is 5.81. The molecule has 0 aromatic carbocycles. The van der Waals surface area contributed by atoms with E-state index in [1.165, 1.54) is 13.8 Å². The predicted molar refractivity (Wildman–Crippen MR) is 72.8 cm³/mol. The number of rotatable bonds is 5. The lowest BCUT2D eigenvalue weighted by Gasteiger charge is -2.32. The maximum absolute atomic E-state index is 11.4. The molecule has 0 radical (unpaired) electrons. The first-order valence-corrected chi connectivity index (χ1v) is 6.89. The molecular weight excluding hydrogens is 312 g/mol. The molecule has 0 amide bonds. The molecule has 0 aromatic heterocycles. The van der Waals surface area contributed by atoms with Gasteiger partial charge in [0.1, 0.15) is 12.7 Å². The second-order valence-corrected chi connectivity index (χ2v) is 5.23. The van der Waals surface area contributed by atoms with Crippen molar-refractivity contribution in [1.82, 2.24) is 0 Å². The lowest BCUT2D eigenvalue weighted by atomic mass is 9.97. The van der Waals surface area contributed by atoms with Gasteiger partial charge in [0, 0.05) is 27.7 Å². The molecular formula is C14H20O9. The van der Waals surface area contributed by atoms with Gasteiger partial charge in [0.05, 0.1) is 0 Å². The SMILES string of the molecule is CC(=O)OC[C@H]1O[C@@H](OC(C)=O)[C@](C)(OC(C)=O)[C@@H]1OC(C)=O. The third-order valence-corrected chi connectivity index (χ3v) is 3.05. The first kappa shape index (κ1) is 18.9. The second-order valence-electron chi connectivity index (χ2n) is 5.23. The van der Waals surface area contributed by atoms with Crippen molar-refractivity contribution < 1.29 is 42.9 Å². The molecule has 0 bridgehead atoms. The molecule has 9 heteroatoms. The van der Waals surface area contributed by atoms with Gasteiger partial charge in [0.15, 0.2) is 6.10 Å². The smallest absolute Gasteiger partial charge is 0.305 e. The van der Waals surface area contributed by atoms with Crippen LogP contribution < -0.4 is 0 Å². The number of carbonyl (C=O) groups excluding carboxylic acids is 4. The van der Waals surface area contributed by atoms with Crippen LogP contribution in [0.1, 0.15) is 34.6 Å². The Hall–Kier alpha value is -2.16. The van der Waals surface area contributed by atoms with Crippen LogP contribution in [0.15, 0.2) is 0 Å². The number of hydrogen-bond donors (Lipinski definition) is 0. The van der Waals surface area contributed by atoms with E-state index in [0.717, 1.165) is 20.8 Å². The summed E-state index contributed by atoms with van der Waals surface area (Å²) in [5.41, 5.74) is -1.58. The van der Waals surface area contributed by atoms with Gasteiger partial charge in [-0.2, -0.15) is 0 Å². The Kier molecular flexibility index (Phi) is 6.08. The largest absolute Gasteiger partial charge is 0.463 e. The van der Waals surface area contributed by atoms with E-state index >= 15 is 0 Å². The van der Waals surface area contributed by atoms with Crippen LogP contribution in [0.2, 0.25) is 0 Å². The van der Waals surface area contributed by atoms with E-state index in [1.54, 1.807) is 0 Å². The fourth-order valence-corrected chi connectivity index (χ4v) is 2.28. The molecule has 23 heavy (non-hydrogen) atoms. The molecule has 0 N–H and O–H groups in total. The summed E-state index contributed by atoms with van der Waals surface area (Å²) in [7, 11) is 0. The monoisotopic (exact) mass is 332 g/mol. The molecule has 0 spiro atoms. The van der Waals surface area contributed by atoms with Crippen LogP contribution in [0.25, 0.3) is 0 Å². The molecule has 1 saturated heterocycles. The van der Waals surface area contributed by atoms with Gasteiger partial charge in [-0.25, -0.2) is 0 Å². The highest BCUT2D eigenvalue weighted by Gasteiger charge is 2.60. The lowest BCUT2D eigenvalue weighted by molar-refractivity contribution is -0.219. The second kappa shape index (κ2) is 7.40. The molecule has 1 aliphatic rings. The number of esters is 4. The normalized spacial score (nSPS) is 29.5. The average molecular weight is 332 g/mol. The van der Waals surface area contributed by atoms with Gasteiger partial charge in [-0.1, -0.05) is 0 Å². The van der Waals surface area contributed by atoms with Crippen LogP contribution in [-0.2, 0) is 42.9 Å². The lowest BCUT2D eigenvalue weighted by Crippen LogP contribution is -2.52. The molecule has 130 valence electrons. The van der Waals surface area contributed by atoms with Crippen LogP contribution >= 0.6 is 0 Å². The van der Waals surface area contributed by atoms with Gasteiger partial charge in [-0.05, 0) is 6.92 Å². The van der Waals surface area contributed by atoms with Crippen molar-refractivity contribution in [2.45, 2.75) is 58.7 Å². The first-order chi connectivity index (χ1) is 10.6. The summed E-state index contributed by atoms with van der Waals surface area (Å²) in [5, 5.41) is 0. The maximum atomic E-state index is 11.4. The fraction of sp³-hybridized carbons (Fsp3) is 0.714. The molecule has 1 heterocycles. The molecule has 9 nitrogen and oxygen atoms in total. The molecule has 0 aromatic rings. The molecule has 4 atom stereocenters. The average Bonchev–Trinajstić information content (AvgIpc) is 2.59. The van der Waals surface area contributed by atoms with Crippen LogP contribution in [0.3, 0.4) is 0 Å². The Labute approximate surface area is 133 Å². The van der Waals surface area contributed by atoms with Crippen molar-refractivity contribution in [3.63, 3.8) is 0 Å². The predicted octanol–water partition coefficient (Wildman–Crippen LogP) is 0.0910. The van der Waals surface area contributed by atoms with Gasteiger partial charge in [0.2, 0.25) is 11.9 Å². The van der Waals surface area contributed by atoms with E-state index in [1.807, 2.05) is 0 Å². The third-order valence-electron chi connectivity index (χ3n) is 3.05. The minimum absolute atomic E-state index is 0.262. The highest BCUT2D eigenvalue weighted by molar-refractivity contribution is 5.69. The number of ether oxygens (including phenoxy) is 5. The minimum atomic E-state index is -1.58. The van der Waals surface area contributed by atoms with E-state index in [0.29, 0.717) is 0 Å². The number of hydrogen-bond acceptors (Lipinski definition) is 9. The Morgan fingerprint density at radius 2 is 1.48 bits per heavy atom. The standard InChI is InChI=1S/C14H20O9/c1-7(15)19-6-11-12(20-8(2)16)14(5,23-10(4)18)13(22-11)21-9(3)17/h11-13H,6H2,1-5H3/t11-,12-,13-,14-/m1/s1. The van der Waals surface area contributed by atoms with Crippen LogP contribution in [0.5, 0.6) is 0 Å². The molecule has 0 unspecified atom stereocenters. The van der Waals surface area contributed by atoms with E-state index in [2.05, 4.69) is 0 Å². The molecule has 1 aliphatic heterocycles. The minimum Gasteiger partial charge on any atom is -0.463 e. The van der Waals surface area contributed by atoms with Crippen LogP contribution in [-0.4, -0.2) is 54.6 Å². The zero-order valence-electron chi connectivity index (χ0n) is 13.6. The molecule has 0 aliphatic carbocycles. The summed E-state index contributed by atoms with van der Waals surface area (Å²) < 4.78 is 25.7. The maximum Gasteiger partial charge on any atom is 0.305 e. The molecule has 1 fully saturated rings. The van der Waals surface area contributed by atoms with Crippen LogP contribution in [0, 0.1) is 0 Å². The Balaban J connectivity index is 3.11. The molecule has 0 saturated carbocycles. The quantitative estimate of drug-likeness (QED) is 0.510. The third kappa shape index (κ3) is 4.92. The summed E-state index contributed by atoms with van der Waals surface area (Å²) in [5.74, 6) is -2.59. The van der Waals surface area contributed by atoms with Crippen molar-refractivity contribution in [3.8, 4) is 0 Å². The van der Waals surface area contributed by atoms with E-state index < -0.39 is 48.0 Å². The van der Waals surface area contributed by atoms with E-state index in [9.17, 15) is 19.2 Å². The van der Waals surface area contributed by atoms with Crippen molar-refractivity contribution in [2.24, 2.45) is 0 Å². The zero-order chi connectivity index (χ0) is 17.8. The van der Waals surface area contributed by atoms with Crippen molar-refractivity contribution >= 4 is 23.9 Å². The van der Waals surface area contributed by atoms with Gasteiger partial charge < -0.3 is 23.7 Å². The number of carbonyl (C=O) groups is 4. The summed E-state index contributed by atoms with van der Waals surface area (Å²) in [4.78, 5) is 45.0. The van der Waals surface area contributed by atoms with Crippen LogP contribution in [0.4, 0.5) is 0 Å². The Morgan fingerprint density at radius 3 is 1.91 bits per heavy atom. The van der Waals surface area contributed by atoms with Crippen molar-refractivity contribution in [3.05, 3.63) is 0 Å². The van der Waals surface area contributed by atoms with E-state index in [4.69, 9.17) is 23.7 Å². The summed E-state index contributed by atoms with van der Waals surface area (Å²) >= 11 is 0. The van der Waals surface area contributed by atoms with Gasteiger partial charge >= 0.3 is 23.9 Å². The summed E-state index contributed by atoms with van der Waals surface area (Å²) in [6, 6.07) is 0. The summed E-state index contributed by atoms with van der Waals surface area (Å²) in [6.07, 6.45) is -3.39. The van der Waals surface area contributed by atoms with Gasteiger partial charge in [0.25, 0.3) is 0 Å². The van der Waals surface area contributed by atoms with Crippen molar-refractivity contribution in [2.75, 3.05) is 6.61 Å². The highest BCUT2D eigenvalue weighted by Crippen LogP contribution is 2.37. The van der Waals surface area contributed by atoms with Crippen molar-refractivity contribution in [1.29, 1.82) is 0 Å². The first-order valence-electron chi connectivity index (χ1n) is 6.89. The Morgan fingerprint density at radius 1 is 0.913 bits per heavy atom. The topological polar surface area (TPSA) is 114 Å².